The molecule has 0 aliphatic heterocycles. The Hall–Kier alpha value is -4.31. The molecule has 4 nitrogen and oxygen atoms in total. The Labute approximate surface area is 193 Å². The maximum Gasteiger partial charge on any atom is 0.161 e. The highest BCUT2D eigenvalue weighted by Crippen LogP contribution is 2.25. The number of hydrogen-bond acceptors (Lipinski definition) is 3. The predicted molar refractivity (Wildman–Crippen MR) is 137 cm³/mol. The summed E-state index contributed by atoms with van der Waals surface area (Å²) in [7, 11) is 0. The molecular formula is C29H24N4. The van der Waals surface area contributed by atoms with E-state index in [9.17, 15) is 0 Å². The number of hydrogen-bond donors (Lipinski definition) is 0. The number of rotatable bonds is 4. The second-order valence-corrected chi connectivity index (χ2v) is 7.95. The Balaban J connectivity index is 1.69. The maximum atomic E-state index is 4.98. The number of para-hydroxylation sites is 3. The molecular weight excluding hydrogens is 404 g/mol. The first-order valence-electron chi connectivity index (χ1n) is 11.0. The molecule has 4 heteroatoms. The quantitative estimate of drug-likeness (QED) is 0.224. The van der Waals surface area contributed by atoms with Crippen molar-refractivity contribution in [2.75, 3.05) is 0 Å². The first-order chi connectivity index (χ1) is 16.2. The molecule has 0 radical (unpaired) electrons. The third kappa shape index (κ3) is 4.23. The van der Waals surface area contributed by atoms with E-state index in [4.69, 9.17) is 15.1 Å². The summed E-state index contributed by atoms with van der Waals surface area (Å²) in [6.07, 6.45) is 1.86. The SMILES string of the molecule is Cc1cccc(C)c1N=Cc1nn(C(=Nc2ccccc2)c2ccccc2)c2ccccc12. The number of aromatic nitrogens is 2. The third-order valence-electron chi connectivity index (χ3n) is 5.60. The minimum Gasteiger partial charge on any atom is -0.254 e. The summed E-state index contributed by atoms with van der Waals surface area (Å²) in [6.45, 7) is 4.16. The van der Waals surface area contributed by atoms with Crippen molar-refractivity contribution in [2.24, 2.45) is 9.98 Å². The highest BCUT2D eigenvalue weighted by atomic mass is 15.3. The van der Waals surface area contributed by atoms with E-state index >= 15 is 0 Å². The largest absolute Gasteiger partial charge is 0.254 e. The van der Waals surface area contributed by atoms with Gasteiger partial charge in [0.05, 0.1) is 23.1 Å². The van der Waals surface area contributed by atoms with E-state index in [-0.39, 0.29) is 0 Å². The fraction of sp³-hybridized carbons (Fsp3) is 0.0690. The smallest absolute Gasteiger partial charge is 0.161 e. The molecule has 4 aromatic carbocycles. The van der Waals surface area contributed by atoms with E-state index in [1.165, 1.54) is 0 Å². The van der Waals surface area contributed by atoms with Gasteiger partial charge in [-0.15, -0.1) is 0 Å². The van der Waals surface area contributed by atoms with Crippen LogP contribution in [0.1, 0.15) is 22.4 Å². The second-order valence-electron chi connectivity index (χ2n) is 7.95. The number of benzene rings is 4. The van der Waals surface area contributed by atoms with Crippen molar-refractivity contribution < 1.29 is 0 Å². The van der Waals surface area contributed by atoms with Gasteiger partial charge in [-0.1, -0.05) is 84.9 Å². The Bertz CT molecular complexity index is 1440. The summed E-state index contributed by atoms with van der Waals surface area (Å²) in [5, 5.41) is 6.00. The van der Waals surface area contributed by atoms with Gasteiger partial charge in [0.25, 0.3) is 0 Å². The molecule has 0 aliphatic rings. The maximum absolute atomic E-state index is 4.98. The molecule has 0 atom stereocenters. The van der Waals surface area contributed by atoms with Crippen LogP contribution >= 0.6 is 0 Å². The summed E-state index contributed by atoms with van der Waals surface area (Å²) in [5.74, 6) is 0.768. The molecule has 0 bridgehead atoms. The predicted octanol–water partition coefficient (Wildman–Crippen LogP) is 7.03. The van der Waals surface area contributed by atoms with E-state index in [0.717, 1.165) is 50.5 Å². The molecule has 0 fully saturated rings. The second kappa shape index (κ2) is 9.05. The number of aryl methyl sites for hydroxylation is 2. The highest BCUT2D eigenvalue weighted by molar-refractivity contribution is 6.08. The fourth-order valence-electron chi connectivity index (χ4n) is 3.93. The van der Waals surface area contributed by atoms with Crippen LogP contribution in [0.4, 0.5) is 11.4 Å². The van der Waals surface area contributed by atoms with Crippen LogP contribution in [-0.4, -0.2) is 21.8 Å². The molecule has 0 saturated carbocycles. The summed E-state index contributed by atoms with van der Waals surface area (Å²) in [6, 6.07) is 34.6. The first-order valence-corrected chi connectivity index (χ1v) is 11.0. The summed E-state index contributed by atoms with van der Waals surface area (Å²) in [4.78, 5) is 9.80. The Morgan fingerprint density at radius 1 is 0.727 bits per heavy atom. The monoisotopic (exact) mass is 428 g/mol. The van der Waals surface area contributed by atoms with Gasteiger partial charge in [0.1, 0.15) is 5.69 Å². The zero-order valence-corrected chi connectivity index (χ0v) is 18.7. The molecule has 5 rings (SSSR count). The van der Waals surface area contributed by atoms with Gasteiger partial charge in [0, 0.05) is 10.9 Å². The lowest BCUT2D eigenvalue weighted by Crippen LogP contribution is -2.15. The van der Waals surface area contributed by atoms with Crippen molar-refractivity contribution in [1.29, 1.82) is 0 Å². The van der Waals surface area contributed by atoms with E-state index in [2.05, 4.69) is 56.3 Å². The van der Waals surface area contributed by atoms with Crippen LogP contribution in [0.2, 0.25) is 0 Å². The van der Waals surface area contributed by atoms with Gasteiger partial charge < -0.3 is 0 Å². The average molecular weight is 429 g/mol. The number of nitrogens with zero attached hydrogens (tertiary/aromatic N) is 4. The first kappa shape index (κ1) is 20.6. The van der Waals surface area contributed by atoms with Crippen LogP contribution in [0, 0.1) is 13.8 Å². The van der Waals surface area contributed by atoms with Gasteiger partial charge >= 0.3 is 0 Å². The van der Waals surface area contributed by atoms with Gasteiger partial charge in [-0.05, 0) is 43.2 Å². The summed E-state index contributed by atoms with van der Waals surface area (Å²) >= 11 is 0. The normalized spacial score (nSPS) is 12.0. The van der Waals surface area contributed by atoms with Crippen molar-refractivity contribution in [3.05, 3.63) is 126 Å². The lowest BCUT2D eigenvalue weighted by molar-refractivity contribution is 0.957. The van der Waals surface area contributed by atoms with Crippen LogP contribution in [-0.2, 0) is 0 Å². The Morgan fingerprint density at radius 2 is 1.36 bits per heavy atom. The van der Waals surface area contributed by atoms with E-state index in [1.54, 1.807) is 0 Å². The Morgan fingerprint density at radius 3 is 2.09 bits per heavy atom. The third-order valence-corrected chi connectivity index (χ3v) is 5.60. The van der Waals surface area contributed by atoms with Crippen LogP contribution in [0.3, 0.4) is 0 Å². The molecule has 5 aromatic rings. The topological polar surface area (TPSA) is 42.5 Å². The number of fused-ring (bicyclic) bond motifs is 1. The lowest BCUT2D eigenvalue weighted by atomic mass is 10.1. The molecule has 0 unspecified atom stereocenters. The molecule has 0 saturated heterocycles. The van der Waals surface area contributed by atoms with Crippen LogP contribution < -0.4 is 0 Å². The highest BCUT2D eigenvalue weighted by Gasteiger charge is 2.15. The average Bonchev–Trinajstić information content (AvgIpc) is 3.22. The van der Waals surface area contributed by atoms with Crippen LogP contribution in [0.25, 0.3) is 10.9 Å². The van der Waals surface area contributed by atoms with Crippen molar-refractivity contribution in [3.63, 3.8) is 0 Å². The molecule has 0 N–H and O–H groups in total. The molecule has 33 heavy (non-hydrogen) atoms. The van der Waals surface area contributed by atoms with E-state index in [1.807, 2.05) is 71.6 Å². The van der Waals surface area contributed by atoms with E-state index < -0.39 is 0 Å². The summed E-state index contributed by atoms with van der Waals surface area (Å²) < 4.78 is 1.92. The van der Waals surface area contributed by atoms with Crippen molar-refractivity contribution in [2.45, 2.75) is 13.8 Å². The van der Waals surface area contributed by atoms with Gasteiger partial charge in [-0.25, -0.2) is 9.67 Å². The molecule has 160 valence electrons. The Kier molecular flexibility index (Phi) is 5.64. The molecule has 1 aromatic heterocycles. The van der Waals surface area contributed by atoms with E-state index in [0.29, 0.717) is 0 Å². The van der Waals surface area contributed by atoms with Crippen molar-refractivity contribution in [3.8, 4) is 0 Å². The van der Waals surface area contributed by atoms with Crippen molar-refractivity contribution >= 4 is 34.3 Å². The molecule has 0 spiro atoms. The summed E-state index contributed by atoms with van der Waals surface area (Å²) in [5.41, 5.74) is 6.94. The zero-order chi connectivity index (χ0) is 22.6. The molecule has 0 amide bonds. The molecule has 0 aliphatic carbocycles. The van der Waals surface area contributed by atoms with Crippen molar-refractivity contribution in [1.82, 2.24) is 9.78 Å². The molecule has 1 heterocycles. The minimum atomic E-state index is 0.768. The van der Waals surface area contributed by atoms with Gasteiger partial charge in [-0.2, -0.15) is 5.10 Å². The van der Waals surface area contributed by atoms with Crippen LogP contribution in [0.5, 0.6) is 0 Å². The fourth-order valence-corrected chi connectivity index (χ4v) is 3.93. The minimum absolute atomic E-state index is 0.768. The van der Waals surface area contributed by atoms with Crippen LogP contribution in [0.15, 0.2) is 113 Å². The van der Waals surface area contributed by atoms with Gasteiger partial charge in [0.2, 0.25) is 0 Å². The zero-order valence-electron chi connectivity index (χ0n) is 18.7. The standard InChI is InChI=1S/C29H24N4/c1-21-12-11-13-22(2)28(21)30-20-26-25-18-9-10-19-27(25)33(32-26)29(23-14-5-3-6-15-23)31-24-16-7-4-8-17-24/h3-20H,1-2H3. The number of aliphatic imine (C=N–C) groups is 2. The van der Waals surface area contributed by atoms with Gasteiger partial charge in [-0.3, -0.25) is 4.99 Å². The lowest BCUT2D eigenvalue weighted by Gasteiger charge is -2.09. The van der Waals surface area contributed by atoms with Gasteiger partial charge in [0.15, 0.2) is 5.84 Å².